The molecule has 0 bridgehead atoms. The van der Waals surface area contributed by atoms with E-state index in [-0.39, 0.29) is 0 Å². The number of carbonyl (C=O) groups is 1. The monoisotopic (exact) mass is 273 g/mol. The van der Waals surface area contributed by atoms with Gasteiger partial charge in [0, 0.05) is 17.6 Å². The summed E-state index contributed by atoms with van der Waals surface area (Å²) in [6.45, 7) is 0. The fourth-order valence-electron chi connectivity index (χ4n) is 2.12. The lowest BCUT2D eigenvalue weighted by atomic mass is 10.1. The zero-order valence-electron chi connectivity index (χ0n) is 11.3. The maximum Gasteiger partial charge on any atom is 0.320 e. The highest BCUT2D eigenvalue weighted by molar-refractivity contribution is 5.72. The molecule has 0 spiro atoms. The molecule has 0 amide bonds. The lowest BCUT2D eigenvalue weighted by molar-refractivity contribution is -0.138. The third-order valence-electron chi connectivity index (χ3n) is 3.26. The van der Waals surface area contributed by atoms with Gasteiger partial charge in [0.05, 0.1) is 6.33 Å². The molecule has 0 radical (unpaired) electrons. The van der Waals surface area contributed by atoms with Gasteiger partial charge < -0.3 is 15.4 Å². The summed E-state index contributed by atoms with van der Waals surface area (Å²) >= 11 is 0. The number of rotatable bonds is 7. The van der Waals surface area contributed by atoms with Gasteiger partial charge in [-0.3, -0.25) is 4.79 Å². The number of aryl methyl sites for hydroxylation is 1. The Morgan fingerprint density at radius 1 is 1.30 bits per heavy atom. The molecule has 20 heavy (non-hydrogen) atoms. The van der Waals surface area contributed by atoms with Gasteiger partial charge >= 0.3 is 5.97 Å². The lowest BCUT2D eigenvalue weighted by Gasteiger charge is -2.09. The van der Waals surface area contributed by atoms with Crippen LogP contribution in [0.25, 0.3) is 5.69 Å². The molecule has 1 atom stereocenters. The van der Waals surface area contributed by atoms with E-state index in [4.69, 9.17) is 10.8 Å². The predicted octanol–water partition coefficient (Wildman–Crippen LogP) is 2.00. The largest absolute Gasteiger partial charge is 0.480 e. The van der Waals surface area contributed by atoms with E-state index < -0.39 is 12.0 Å². The lowest BCUT2D eigenvalue weighted by Crippen LogP contribution is -2.29. The predicted molar refractivity (Wildman–Crippen MR) is 76.7 cm³/mol. The van der Waals surface area contributed by atoms with Gasteiger partial charge in [-0.2, -0.15) is 0 Å². The van der Waals surface area contributed by atoms with Crippen molar-refractivity contribution >= 4 is 5.97 Å². The van der Waals surface area contributed by atoms with Crippen LogP contribution < -0.4 is 5.73 Å². The molecule has 0 aliphatic carbocycles. The molecule has 5 heteroatoms. The molecular formula is C15H19N3O2. The maximum absolute atomic E-state index is 10.6. The van der Waals surface area contributed by atoms with Gasteiger partial charge in [0.25, 0.3) is 0 Å². The SMILES string of the molecule is N[C@@H](CCCCc1cncn1-c1ccccc1)C(=O)O. The van der Waals surface area contributed by atoms with Crippen LogP contribution in [-0.2, 0) is 11.2 Å². The first-order chi connectivity index (χ1) is 9.68. The number of benzene rings is 1. The Morgan fingerprint density at radius 3 is 2.75 bits per heavy atom. The van der Waals surface area contributed by atoms with E-state index >= 15 is 0 Å². The Hall–Kier alpha value is -2.14. The normalized spacial score (nSPS) is 12.2. The van der Waals surface area contributed by atoms with Gasteiger partial charge in [-0.25, -0.2) is 4.98 Å². The van der Waals surface area contributed by atoms with Crippen LogP contribution in [0.5, 0.6) is 0 Å². The molecule has 0 fully saturated rings. The van der Waals surface area contributed by atoms with E-state index in [1.54, 1.807) is 6.33 Å². The molecule has 2 aromatic rings. The van der Waals surface area contributed by atoms with Gasteiger partial charge in [-0.15, -0.1) is 0 Å². The first-order valence-electron chi connectivity index (χ1n) is 6.73. The van der Waals surface area contributed by atoms with E-state index in [1.165, 1.54) is 0 Å². The van der Waals surface area contributed by atoms with Crippen LogP contribution in [0.15, 0.2) is 42.9 Å². The van der Waals surface area contributed by atoms with Crippen LogP contribution in [0.3, 0.4) is 0 Å². The summed E-state index contributed by atoms with van der Waals surface area (Å²) in [5.74, 6) is -0.931. The Kier molecular flexibility index (Phi) is 4.90. The van der Waals surface area contributed by atoms with Crippen molar-refractivity contribution in [2.45, 2.75) is 31.7 Å². The fraction of sp³-hybridized carbons (Fsp3) is 0.333. The second kappa shape index (κ2) is 6.86. The molecule has 3 N–H and O–H groups in total. The van der Waals surface area contributed by atoms with E-state index in [0.29, 0.717) is 6.42 Å². The van der Waals surface area contributed by atoms with Gasteiger partial charge in [-0.1, -0.05) is 24.6 Å². The zero-order valence-corrected chi connectivity index (χ0v) is 11.3. The Morgan fingerprint density at radius 2 is 2.05 bits per heavy atom. The second-order valence-electron chi connectivity index (χ2n) is 4.78. The minimum atomic E-state index is -0.931. The molecule has 0 aliphatic rings. The smallest absolute Gasteiger partial charge is 0.320 e. The molecule has 5 nitrogen and oxygen atoms in total. The number of hydrogen-bond donors (Lipinski definition) is 2. The van der Waals surface area contributed by atoms with Crippen molar-refractivity contribution in [3.05, 3.63) is 48.5 Å². The summed E-state index contributed by atoms with van der Waals surface area (Å²) < 4.78 is 2.05. The summed E-state index contributed by atoms with van der Waals surface area (Å²) in [5, 5.41) is 8.72. The van der Waals surface area contributed by atoms with E-state index in [9.17, 15) is 4.79 Å². The number of aliphatic carboxylic acids is 1. The van der Waals surface area contributed by atoms with Crippen molar-refractivity contribution in [1.29, 1.82) is 0 Å². The molecular weight excluding hydrogens is 254 g/mol. The standard InChI is InChI=1S/C15H19N3O2/c16-14(15(19)20)9-5-4-8-13-10-17-11-18(13)12-6-2-1-3-7-12/h1-3,6-7,10-11,14H,4-5,8-9,16H2,(H,19,20)/t14-/m0/s1. The average molecular weight is 273 g/mol. The number of nitrogens with zero attached hydrogens (tertiary/aromatic N) is 2. The number of imidazole rings is 1. The van der Waals surface area contributed by atoms with Crippen molar-refractivity contribution in [3.63, 3.8) is 0 Å². The minimum absolute atomic E-state index is 0.509. The van der Waals surface area contributed by atoms with Crippen LogP contribution in [-0.4, -0.2) is 26.7 Å². The summed E-state index contributed by atoms with van der Waals surface area (Å²) in [6.07, 6.45) is 6.72. The van der Waals surface area contributed by atoms with Gasteiger partial charge in [0.15, 0.2) is 0 Å². The maximum atomic E-state index is 10.6. The fourth-order valence-corrected chi connectivity index (χ4v) is 2.12. The van der Waals surface area contributed by atoms with Crippen LogP contribution >= 0.6 is 0 Å². The number of carboxylic acid groups (broad SMARTS) is 1. The number of carboxylic acids is 1. The van der Waals surface area contributed by atoms with Crippen molar-refractivity contribution in [3.8, 4) is 5.69 Å². The molecule has 1 aromatic carbocycles. The Labute approximate surface area is 118 Å². The van der Waals surface area contributed by atoms with Crippen molar-refractivity contribution < 1.29 is 9.90 Å². The number of nitrogens with two attached hydrogens (primary N) is 1. The van der Waals surface area contributed by atoms with Gasteiger partial charge in [-0.05, 0) is 31.4 Å². The van der Waals surface area contributed by atoms with Crippen molar-refractivity contribution in [1.82, 2.24) is 9.55 Å². The van der Waals surface area contributed by atoms with Crippen molar-refractivity contribution in [2.24, 2.45) is 5.73 Å². The summed E-state index contributed by atoms with van der Waals surface area (Å²) in [5.41, 5.74) is 7.69. The third kappa shape index (κ3) is 3.68. The van der Waals surface area contributed by atoms with E-state index in [0.717, 1.165) is 30.6 Å². The zero-order chi connectivity index (χ0) is 14.4. The van der Waals surface area contributed by atoms with Gasteiger partial charge in [0.1, 0.15) is 6.04 Å². The molecule has 0 unspecified atom stereocenters. The first kappa shape index (κ1) is 14.3. The number of aromatic nitrogens is 2. The first-order valence-corrected chi connectivity index (χ1v) is 6.73. The Bertz CT molecular complexity index is 551. The van der Waals surface area contributed by atoms with E-state index in [1.807, 2.05) is 36.5 Å². The van der Waals surface area contributed by atoms with Crippen molar-refractivity contribution in [2.75, 3.05) is 0 Å². The van der Waals surface area contributed by atoms with Gasteiger partial charge in [0.2, 0.25) is 0 Å². The highest BCUT2D eigenvalue weighted by Gasteiger charge is 2.10. The molecule has 0 aliphatic heterocycles. The second-order valence-corrected chi connectivity index (χ2v) is 4.78. The molecule has 2 rings (SSSR count). The number of para-hydroxylation sites is 1. The summed E-state index contributed by atoms with van der Waals surface area (Å²) in [4.78, 5) is 14.8. The minimum Gasteiger partial charge on any atom is -0.480 e. The van der Waals surface area contributed by atoms with Crippen LogP contribution in [0, 0.1) is 0 Å². The Balaban J connectivity index is 1.89. The molecule has 0 saturated heterocycles. The molecule has 106 valence electrons. The van der Waals surface area contributed by atoms with Crippen LogP contribution in [0.4, 0.5) is 0 Å². The number of unbranched alkanes of at least 4 members (excludes halogenated alkanes) is 1. The molecule has 1 aromatic heterocycles. The van der Waals surface area contributed by atoms with Crippen LogP contribution in [0.1, 0.15) is 25.0 Å². The van der Waals surface area contributed by atoms with E-state index in [2.05, 4.69) is 9.55 Å². The topological polar surface area (TPSA) is 81.1 Å². The highest BCUT2D eigenvalue weighted by atomic mass is 16.4. The molecule has 0 saturated carbocycles. The average Bonchev–Trinajstić information content (AvgIpc) is 2.92. The molecule has 1 heterocycles. The highest BCUT2D eigenvalue weighted by Crippen LogP contribution is 2.13. The number of hydrogen-bond acceptors (Lipinski definition) is 3. The van der Waals surface area contributed by atoms with Crippen LogP contribution in [0.2, 0.25) is 0 Å². The summed E-state index contributed by atoms with van der Waals surface area (Å²) in [7, 11) is 0. The third-order valence-corrected chi connectivity index (χ3v) is 3.26. The summed E-state index contributed by atoms with van der Waals surface area (Å²) in [6, 6.07) is 9.27. The quantitative estimate of drug-likeness (QED) is 0.756.